The second-order valence-corrected chi connectivity index (χ2v) is 4.70. The molecule has 2 aromatic rings. The second-order valence-electron chi connectivity index (χ2n) is 4.70. The van der Waals surface area contributed by atoms with E-state index in [0.717, 1.165) is 0 Å². The van der Waals surface area contributed by atoms with Gasteiger partial charge in [-0.2, -0.15) is 0 Å². The van der Waals surface area contributed by atoms with Crippen LogP contribution in [0, 0.1) is 0 Å². The molecule has 9 heteroatoms. The molecule has 18 radical (unpaired) electrons. The van der Waals surface area contributed by atoms with Crippen LogP contribution in [0.25, 0.3) is 11.1 Å². The first-order chi connectivity index (χ1) is 9.68. The third-order valence-corrected chi connectivity index (χ3v) is 3.42. The normalized spacial score (nSPS) is 10.7. The molecular formula is C12HB9. The van der Waals surface area contributed by atoms with Gasteiger partial charge in [0.25, 0.3) is 0 Å². The third kappa shape index (κ3) is 2.49. The molecule has 76 valence electrons. The molecule has 0 saturated heterocycles. The van der Waals surface area contributed by atoms with Crippen molar-refractivity contribution in [3.05, 3.63) is 6.07 Å². The minimum atomic E-state index is 0.0940. The summed E-state index contributed by atoms with van der Waals surface area (Å²) in [6, 6.07) is 1.45. The zero-order chi connectivity index (χ0) is 16.1. The van der Waals surface area contributed by atoms with Gasteiger partial charge in [0.2, 0.25) is 0 Å². The number of hydrogen-bond acceptors (Lipinski definition) is 0. The SMILES string of the molecule is [B]c1cc([B])c([B])c(-c2c([B])c([B])c([B])c([B])c2[B])c1[B]. The van der Waals surface area contributed by atoms with Crippen molar-refractivity contribution in [2.75, 3.05) is 0 Å². The van der Waals surface area contributed by atoms with Crippen molar-refractivity contribution in [2.45, 2.75) is 0 Å². The lowest BCUT2D eigenvalue weighted by molar-refractivity contribution is 1.88. The molecule has 0 amide bonds. The van der Waals surface area contributed by atoms with Gasteiger partial charge < -0.3 is 0 Å². The Hall–Kier alpha value is -0.976. The minimum absolute atomic E-state index is 0.0940. The second kappa shape index (κ2) is 5.67. The summed E-state index contributed by atoms with van der Waals surface area (Å²) in [6.07, 6.45) is 0. The van der Waals surface area contributed by atoms with Gasteiger partial charge >= 0.3 is 0 Å². The largest absolute Gasteiger partial charge is 0.113 e. The van der Waals surface area contributed by atoms with Crippen molar-refractivity contribution in [1.82, 2.24) is 0 Å². The topological polar surface area (TPSA) is 0 Å². The number of rotatable bonds is 1. The molecule has 0 heterocycles. The molecule has 2 aromatic carbocycles. The molecule has 0 aromatic heterocycles. The van der Waals surface area contributed by atoms with Crippen LogP contribution in [0.3, 0.4) is 0 Å². The van der Waals surface area contributed by atoms with Gasteiger partial charge in [0.15, 0.2) is 0 Å². The lowest BCUT2D eigenvalue weighted by Crippen LogP contribution is -2.56. The zero-order valence-electron chi connectivity index (χ0n) is 11.3. The molecule has 0 atom stereocenters. The van der Waals surface area contributed by atoms with Crippen LogP contribution in [-0.4, -0.2) is 70.6 Å². The Morgan fingerprint density at radius 3 is 1.05 bits per heavy atom. The first-order valence-corrected chi connectivity index (χ1v) is 5.93. The van der Waals surface area contributed by atoms with E-state index in [0.29, 0.717) is 5.56 Å². The van der Waals surface area contributed by atoms with Gasteiger partial charge in [-0.15, -0.1) is 27.3 Å². The Labute approximate surface area is 137 Å². The third-order valence-electron chi connectivity index (χ3n) is 3.42. The van der Waals surface area contributed by atoms with Crippen LogP contribution in [0.1, 0.15) is 0 Å². The van der Waals surface area contributed by atoms with Crippen LogP contribution in [-0.2, 0) is 0 Å². The van der Waals surface area contributed by atoms with Crippen molar-refractivity contribution in [3.8, 4) is 11.1 Å². The molecule has 0 aliphatic rings. The summed E-state index contributed by atoms with van der Waals surface area (Å²) < 4.78 is 0. The summed E-state index contributed by atoms with van der Waals surface area (Å²) in [7, 11) is 53.0. The van der Waals surface area contributed by atoms with Crippen molar-refractivity contribution in [3.63, 3.8) is 0 Å². The molecule has 0 bridgehead atoms. The molecule has 0 saturated carbocycles. The van der Waals surface area contributed by atoms with E-state index in [2.05, 4.69) is 0 Å². The Bertz CT molecular complexity index is 696. The number of benzene rings is 2. The van der Waals surface area contributed by atoms with E-state index in [1.807, 2.05) is 0 Å². The maximum atomic E-state index is 5.99. The van der Waals surface area contributed by atoms with Crippen molar-refractivity contribution in [2.24, 2.45) is 0 Å². The molecular weight excluding hydrogens is 241 g/mol. The Kier molecular flexibility index (Phi) is 4.42. The molecule has 0 spiro atoms. The van der Waals surface area contributed by atoms with E-state index in [9.17, 15) is 0 Å². The highest BCUT2D eigenvalue weighted by Crippen LogP contribution is 2.05. The van der Waals surface area contributed by atoms with Crippen LogP contribution in [0.5, 0.6) is 0 Å². The smallest absolute Gasteiger partial charge is 0.112 e. The summed E-state index contributed by atoms with van der Waals surface area (Å²) in [5.74, 6) is 0. The molecule has 0 aliphatic heterocycles. The van der Waals surface area contributed by atoms with E-state index in [4.69, 9.17) is 70.6 Å². The van der Waals surface area contributed by atoms with Crippen molar-refractivity contribution >= 4 is 120 Å². The van der Waals surface area contributed by atoms with Crippen LogP contribution < -0.4 is 49.2 Å². The zero-order valence-corrected chi connectivity index (χ0v) is 11.3. The fourth-order valence-corrected chi connectivity index (χ4v) is 2.15. The van der Waals surface area contributed by atoms with Gasteiger partial charge in [0.1, 0.15) is 70.6 Å². The Balaban J connectivity index is 3.00. The van der Waals surface area contributed by atoms with Gasteiger partial charge in [-0.05, 0) is 11.1 Å². The standard InChI is InChI=1S/C12HB9/c13-2-1-3(14)7(16)4(6(2)15)5-8(17)10(19)12(21)11(20)9(5)18/h1H. The van der Waals surface area contributed by atoms with Gasteiger partial charge in [0, 0.05) is 0 Å². The lowest BCUT2D eigenvalue weighted by atomic mass is 9.57. The summed E-state index contributed by atoms with van der Waals surface area (Å²) in [5.41, 5.74) is 1.93. The van der Waals surface area contributed by atoms with E-state index in [-0.39, 0.29) is 54.7 Å². The van der Waals surface area contributed by atoms with E-state index in [1.54, 1.807) is 0 Å². The predicted molar refractivity (Wildman–Crippen MR) is 100 cm³/mol. The molecule has 0 N–H and O–H groups in total. The molecule has 0 fully saturated rings. The molecule has 21 heavy (non-hydrogen) atoms. The van der Waals surface area contributed by atoms with E-state index in [1.165, 1.54) is 6.07 Å². The highest BCUT2D eigenvalue weighted by atomic mass is 14.1. The maximum Gasteiger partial charge on any atom is 0.113 e. The molecule has 2 rings (SSSR count). The first kappa shape index (κ1) is 16.4. The highest BCUT2D eigenvalue weighted by molar-refractivity contribution is 6.70. The van der Waals surface area contributed by atoms with E-state index >= 15 is 0 Å². The van der Waals surface area contributed by atoms with Crippen molar-refractivity contribution < 1.29 is 0 Å². The fraction of sp³-hybridized carbons (Fsp3) is 0. The van der Waals surface area contributed by atoms with Crippen LogP contribution >= 0.6 is 0 Å². The fourth-order valence-electron chi connectivity index (χ4n) is 2.15. The monoisotopic (exact) mass is 244 g/mol. The van der Waals surface area contributed by atoms with Gasteiger partial charge in [-0.25, -0.2) is 0 Å². The Morgan fingerprint density at radius 1 is 0.381 bits per heavy atom. The first-order valence-electron chi connectivity index (χ1n) is 5.93. The molecule has 0 aliphatic carbocycles. The highest BCUT2D eigenvalue weighted by Gasteiger charge is 2.16. The summed E-state index contributed by atoms with van der Waals surface area (Å²) in [6.45, 7) is 0. The minimum Gasteiger partial charge on any atom is -0.112 e. The summed E-state index contributed by atoms with van der Waals surface area (Å²) >= 11 is 0. The summed E-state index contributed by atoms with van der Waals surface area (Å²) in [5, 5.41) is 0. The van der Waals surface area contributed by atoms with Crippen LogP contribution in [0.2, 0.25) is 0 Å². The molecule has 0 unspecified atom stereocenters. The quantitative estimate of drug-likeness (QED) is 0.436. The van der Waals surface area contributed by atoms with E-state index < -0.39 is 0 Å². The average Bonchev–Trinajstić information content (AvgIpc) is 2.44. The number of hydrogen-bond donors (Lipinski definition) is 0. The van der Waals surface area contributed by atoms with Crippen LogP contribution in [0.4, 0.5) is 0 Å². The average molecular weight is 242 g/mol. The Morgan fingerprint density at radius 2 is 0.667 bits per heavy atom. The van der Waals surface area contributed by atoms with Gasteiger partial charge in [-0.3, -0.25) is 0 Å². The molecule has 0 nitrogen and oxygen atoms in total. The lowest BCUT2D eigenvalue weighted by Gasteiger charge is -2.26. The van der Waals surface area contributed by atoms with Gasteiger partial charge in [-0.1, -0.05) is 27.9 Å². The van der Waals surface area contributed by atoms with Gasteiger partial charge in [0.05, 0.1) is 0 Å². The van der Waals surface area contributed by atoms with Crippen LogP contribution in [0.15, 0.2) is 6.07 Å². The summed E-state index contributed by atoms with van der Waals surface area (Å²) in [4.78, 5) is 0. The van der Waals surface area contributed by atoms with Crippen molar-refractivity contribution in [1.29, 1.82) is 0 Å². The maximum absolute atomic E-state index is 5.99. The predicted octanol–water partition coefficient (Wildman–Crippen LogP) is -7.50.